The summed E-state index contributed by atoms with van der Waals surface area (Å²) in [7, 11) is 1.45. The third-order valence-corrected chi connectivity index (χ3v) is 6.59. The Morgan fingerprint density at radius 2 is 1.65 bits per heavy atom. The number of hydrazone groups is 1. The van der Waals surface area contributed by atoms with E-state index in [1.165, 1.54) is 13.3 Å². The number of aryl methyl sites for hydroxylation is 1. The molecule has 0 saturated heterocycles. The molecule has 0 radical (unpaired) electrons. The molecular weight excluding hydrogens is 648 g/mol. The number of nitrogens with zero attached hydrogens (tertiary/aromatic N) is 1. The molecular formula is C28H26Br2N4O6. The maximum atomic E-state index is 12.4. The van der Waals surface area contributed by atoms with Crippen molar-refractivity contribution in [3.8, 4) is 17.2 Å². The monoisotopic (exact) mass is 672 g/mol. The van der Waals surface area contributed by atoms with Crippen molar-refractivity contribution in [3.63, 3.8) is 0 Å². The van der Waals surface area contributed by atoms with E-state index in [1.54, 1.807) is 48.5 Å². The number of anilines is 2. The molecule has 0 aliphatic carbocycles. The van der Waals surface area contributed by atoms with Crippen molar-refractivity contribution in [1.29, 1.82) is 0 Å². The van der Waals surface area contributed by atoms with Crippen LogP contribution in [0.1, 0.15) is 11.1 Å². The van der Waals surface area contributed by atoms with Crippen LogP contribution in [0, 0.1) is 6.92 Å². The summed E-state index contributed by atoms with van der Waals surface area (Å²) in [4.78, 5) is 36.7. The molecule has 0 atom stereocenters. The van der Waals surface area contributed by atoms with E-state index in [9.17, 15) is 14.4 Å². The normalized spacial score (nSPS) is 10.5. The summed E-state index contributed by atoms with van der Waals surface area (Å²) in [6, 6.07) is 15.2. The van der Waals surface area contributed by atoms with Gasteiger partial charge >= 0.3 is 11.8 Å². The van der Waals surface area contributed by atoms with Gasteiger partial charge in [-0.05, 0) is 88.6 Å². The highest BCUT2D eigenvalue weighted by Crippen LogP contribution is 2.36. The number of halogens is 2. The van der Waals surface area contributed by atoms with Crippen LogP contribution in [0.2, 0.25) is 0 Å². The first-order chi connectivity index (χ1) is 19.2. The van der Waals surface area contributed by atoms with Crippen molar-refractivity contribution in [1.82, 2.24) is 5.43 Å². The molecule has 0 aliphatic heterocycles. The summed E-state index contributed by atoms with van der Waals surface area (Å²) in [6.45, 7) is 5.60. The van der Waals surface area contributed by atoms with Gasteiger partial charge < -0.3 is 24.8 Å². The van der Waals surface area contributed by atoms with E-state index in [2.05, 4.69) is 59.6 Å². The number of carbonyl (C=O) groups is 3. The van der Waals surface area contributed by atoms with Gasteiger partial charge in [0.25, 0.3) is 5.91 Å². The van der Waals surface area contributed by atoms with Gasteiger partial charge in [-0.1, -0.05) is 28.6 Å². The molecule has 3 rings (SSSR count). The van der Waals surface area contributed by atoms with E-state index < -0.39 is 11.8 Å². The van der Waals surface area contributed by atoms with E-state index >= 15 is 0 Å². The Morgan fingerprint density at radius 1 is 0.925 bits per heavy atom. The molecule has 3 aromatic carbocycles. The lowest BCUT2D eigenvalue weighted by Gasteiger charge is -2.14. The highest BCUT2D eigenvalue weighted by molar-refractivity contribution is 9.10. The molecule has 3 amide bonds. The van der Waals surface area contributed by atoms with Crippen molar-refractivity contribution < 1.29 is 28.6 Å². The highest BCUT2D eigenvalue weighted by Gasteiger charge is 2.15. The summed E-state index contributed by atoms with van der Waals surface area (Å²) in [5.41, 5.74) is 4.75. The quantitative estimate of drug-likeness (QED) is 0.111. The van der Waals surface area contributed by atoms with E-state index in [1.807, 2.05) is 19.1 Å². The SMILES string of the molecule is C=CCOc1ccc(NC(=O)C(=O)N/N=C\c2cc(Br)c(OCC(=O)Nc3ccc(Br)c(C)c3)c(OC)c2)cc1. The number of ether oxygens (including phenoxy) is 3. The average Bonchev–Trinajstić information content (AvgIpc) is 2.93. The third-order valence-electron chi connectivity index (χ3n) is 5.11. The van der Waals surface area contributed by atoms with Crippen LogP contribution in [0.25, 0.3) is 0 Å². The molecule has 0 unspecified atom stereocenters. The van der Waals surface area contributed by atoms with Crippen molar-refractivity contribution in [2.24, 2.45) is 5.10 Å². The summed E-state index contributed by atoms with van der Waals surface area (Å²) in [6.07, 6.45) is 2.95. The Labute approximate surface area is 248 Å². The Balaban J connectivity index is 1.55. The molecule has 40 heavy (non-hydrogen) atoms. The fourth-order valence-corrected chi connectivity index (χ4v) is 4.03. The van der Waals surface area contributed by atoms with Gasteiger partial charge in [0, 0.05) is 15.8 Å². The van der Waals surface area contributed by atoms with Gasteiger partial charge in [-0.25, -0.2) is 5.43 Å². The predicted octanol–water partition coefficient (Wildman–Crippen LogP) is 5.20. The van der Waals surface area contributed by atoms with Crippen LogP contribution in [0.5, 0.6) is 17.2 Å². The number of carbonyl (C=O) groups excluding carboxylic acids is 3. The Bertz CT molecular complexity index is 1430. The fourth-order valence-electron chi connectivity index (χ4n) is 3.21. The molecule has 0 bridgehead atoms. The second-order valence-corrected chi connectivity index (χ2v) is 9.82. The topological polar surface area (TPSA) is 127 Å². The van der Waals surface area contributed by atoms with E-state index in [0.29, 0.717) is 45.3 Å². The average molecular weight is 674 g/mol. The minimum absolute atomic E-state index is 0.257. The van der Waals surface area contributed by atoms with Gasteiger partial charge in [0.1, 0.15) is 12.4 Å². The standard InChI is InChI=1S/C28H26Br2N4O6/c1-4-11-39-21-8-5-19(6-9-21)33-27(36)28(37)34-31-15-18-13-23(30)26(24(14-18)38-3)40-16-25(35)32-20-7-10-22(29)17(2)12-20/h4-10,12-15H,1,11,16H2,2-3H3,(H,32,35)(H,33,36)(H,34,37)/b31-15-. The summed E-state index contributed by atoms with van der Waals surface area (Å²) >= 11 is 6.83. The Hall–Kier alpha value is -4.16. The minimum atomic E-state index is -0.957. The number of hydrogen-bond acceptors (Lipinski definition) is 7. The molecule has 0 spiro atoms. The van der Waals surface area contributed by atoms with Crippen LogP contribution >= 0.6 is 31.9 Å². The zero-order valence-electron chi connectivity index (χ0n) is 21.6. The van der Waals surface area contributed by atoms with Gasteiger partial charge in [-0.2, -0.15) is 5.10 Å². The smallest absolute Gasteiger partial charge is 0.329 e. The van der Waals surface area contributed by atoms with Crippen LogP contribution in [0.4, 0.5) is 11.4 Å². The highest BCUT2D eigenvalue weighted by atomic mass is 79.9. The van der Waals surface area contributed by atoms with E-state index in [4.69, 9.17) is 14.2 Å². The van der Waals surface area contributed by atoms with Crippen LogP contribution in [0.3, 0.4) is 0 Å². The van der Waals surface area contributed by atoms with E-state index in [-0.39, 0.29) is 12.5 Å². The van der Waals surface area contributed by atoms with Crippen LogP contribution in [-0.4, -0.2) is 44.3 Å². The zero-order chi connectivity index (χ0) is 29.1. The fraction of sp³-hybridized carbons (Fsp3) is 0.143. The van der Waals surface area contributed by atoms with E-state index in [0.717, 1.165) is 10.0 Å². The minimum Gasteiger partial charge on any atom is -0.493 e. The summed E-state index contributed by atoms with van der Waals surface area (Å²) < 4.78 is 17.9. The number of nitrogens with one attached hydrogen (secondary N) is 3. The number of rotatable bonds is 11. The largest absolute Gasteiger partial charge is 0.493 e. The van der Waals surface area contributed by atoms with Crippen molar-refractivity contribution >= 4 is 67.2 Å². The summed E-state index contributed by atoms with van der Waals surface area (Å²) in [5.74, 6) is -0.959. The molecule has 3 N–H and O–H groups in total. The Morgan fingerprint density at radius 3 is 2.33 bits per heavy atom. The zero-order valence-corrected chi connectivity index (χ0v) is 24.8. The van der Waals surface area contributed by atoms with Gasteiger partial charge in [0.2, 0.25) is 0 Å². The van der Waals surface area contributed by atoms with Crippen molar-refractivity contribution in [3.05, 3.63) is 87.3 Å². The van der Waals surface area contributed by atoms with Gasteiger partial charge in [0.15, 0.2) is 18.1 Å². The first kappa shape index (κ1) is 30.4. The van der Waals surface area contributed by atoms with Crippen LogP contribution < -0.4 is 30.3 Å². The molecule has 0 fully saturated rings. The van der Waals surface area contributed by atoms with Crippen molar-refractivity contribution in [2.45, 2.75) is 6.92 Å². The second kappa shape index (κ2) is 14.8. The Kier molecular flexibility index (Phi) is 11.3. The van der Waals surface area contributed by atoms with Crippen LogP contribution in [0.15, 0.2) is 81.3 Å². The number of amides is 3. The predicted molar refractivity (Wildman–Crippen MR) is 160 cm³/mol. The lowest BCUT2D eigenvalue weighted by atomic mass is 10.2. The number of hydrogen-bond donors (Lipinski definition) is 3. The molecule has 208 valence electrons. The third kappa shape index (κ3) is 8.95. The molecule has 10 nitrogen and oxygen atoms in total. The lowest BCUT2D eigenvalue weighted by Crippen LogP contribution is -2.32. The van der Waals surface area contributed by atoms with Gasteiger partial charge in [-0.3, -0.25) is 14.4 Å². The molecule has 12 heteroatoms. The first-order valence-electron chi connectivity index (χ1n) is 11.7. The molecule has 3 aromatic rings. The van der Waals surface area contributed by atoms with Gasteiger partial charge in [-0.15, -0.1) is 0 Å². The van der Waals surface area contributed by atoms with Crippen LogP contribution in [-0.2, 0) is 14.4 Å². The molecule has 0 saturated carbocycles. The van der Waals surface area contributed by atoms with Crippen molar-refractivity contribution in [2.75, 3.05) is 31.0 Å². The number of methoxy groups -OCH3 is 1. The molecule has 0 aliphatic rings. The second-order valence-electron chi connectivity index (χ2n) is 8.11. The number of benzene rings is 3. The lowest BCUT2D eigenvalue weighted by molar-refractivity contribution is -0.136. The van der Waals surface area contributed by atoms with Gasteiger partial charge in [0.05, 0.1) is 17.8 Å². The maximum Gasteiger partial charge on any atom is 0.329 e. The summed E-state index contributed by atoms with van der Waals surface area (Å²) in [5, 5.41) is 9.08. The molecule has 0 heterocycles. The first-order valence-corrected chi connectivity index (χ1v) is 13.3. The maximum absolute atomic E-state index is 12.4. The molecule has 0 aromatic heterocycles.